The highest BCUT2D eigenvalue weighted by Gasteiger charge is 2.33. The van der Waals surface area contributed by atoms with E-state index in [9.17, 15) is 13.2 Å². The van der Waals surface area contributed by atoms with E-state index in [-0.39, 0.29) is 29.9 Å². The van der Waals surface area contributed by atoms with Crippen LogP contribution in [-0.2, 0) is 10.0 Å². The third-order valence-corrected chi connectivity index (χ3v) is 7.18. The highest BCUT2D eigenvalue weighted by atomic mass is 32.2. The summed E-state index contributed by atoms with van der Waals surface area (Å²) in [5, 5.41) is -0.326. The Morgan fingerprint density at radius 1 is 1.06 bits per heavy atom. The number of nitrogens with two attached hydrogens (primary N) is 1. The van der Waals surface area contributed by atoms with E-state index in [2.05, 4.69) is 28.5 Å². The van der Waals surface area contributed by atoms with Crippen molar-refractivity contribution < 1.29 is 19.4 Å². The number of nitrogens with zero attached hydrogens (tertiary/aromatic N) is 3. The molecule has 0 unspecified atom stereocenters. The van der Waals surface area contributed by atoms with Crippen molar-refractivity contribution in [3.8, 4) is 17.0 Å². The number of rotatable bonds is 6. The zero-order valence-electron chi connectivity index (χ0n) is 19.2. The fourth-order valence-electron chi connectivity index (χ4n) is 4.17. The van der Waals surface area contributed by atoms with Crippen molar-refractivity contribution in [2.24, 2.45) is 0 Å². The van der Waals surface area contributed by atoms with E-state index in [0.717, 1.165) is 24.2 Å². The molecule has 3 heterocycles. The number of nitrogens with one attached hydrogen (secondary N) is 1. The van der Waals surface area contributed by atoms with Gasteiger partial charge in [0.25, 0.3) is 15.9 Å². The van der Waals surface area contributed by atoms with Gasteiger partial charge in [-0.1, -0.05) is 6.07 Å². The lowest BCUT2D eigenvalue weighted by molar-refractivity contribution is 0.0981. The fraction of sp³-hybridized carbons (Fsp3) is 0.292. The van der Waals surface area contributed by atoms with Gasteiger partial charge in [-0.05, 0) is 75.2 Å². The summed E-state index contributed by atoms with van der Waals surface area (Å²) in [6.07, 6.45) is 1.89. The zero-order valence-corrected chi connectivity index (χ0v) is 20.0. The van der Waals surface area contributed by atoms with Crippen LogP contribution in [0.15, 0.2) is 59.6 Å². The fourth-order valence-corrected chi connectivity index (χ4v) is 5.11. The molecule has 9 nitrogen and oxygen atoms in total. The quantitative estimate of drug-likeness (QED) is 0.545. The van der Waals surface area contributed by atoms with Crippen molar-refractivity contribution in [3.05, 3.63) is 60.2 Å². The lowest BCUT2D eigenvalue weighted by atomic mass is 10.1. The molecule has 1 saturated heterocycles. The number of aromatic nitrogens is 2. The minimum absolute atomic E-state index is 0. The molecule has 2 atom stereocenters. The second-order valence-corrected chi connectivity index (χ2v) is 9.94. The van der Waals surface area contributed by atoms with E-state index >= 15 is 0 Å². The second kappa shape index (κ2) is 9.30. The lowest BCUT2D eigenvalue weighted by Crippen LogP contribution is -2.37. The summed E-state index contributed by atoms with van der Waals surface area (Å²) >= 11 is 0. The standard InChI is InChI=1S/C24H27N5O4S.H2/c1-15-7-8-16(2)29(15)23-19(13-14-20(26-23)17-9-11-18(33-3)12-10-17)24(30)28-34(31,32)22-6-4-5-21(25)27-22;/h4-6,9-16H,7-8H2,1-3H3,(H2,25,27)(H,28,30);1H/t15-,16+;. The van der Waals surface area contributed by atoms with E-state index in [1.807, 2.05) is 24.3 Å². The Kier molecular flexibility index (Phi) is 6.43. The molecule has 0 aliphatic carbocycles. The summed E-state index contributed by atoms with van der Waals surface area (Å²) in [4.78, 5) is 23.9. The molecule has 1 aliphatic rings. The zero-order chi connectivity index (χ0) is 24.5. The molecule has 0 spiro atoms. The van der Waals surface area contributed by atoms with Crippen molar-refractivity contribution in [2.75, 3.05) is 17.7 Å². The molecule has 180 valence electrons. The first-order chi connectivity index (χ1) is 16.2. The molecule has 1 aromatic carbocycles. The van der Waals surface area contributed by atoms with Crippen molar-refractivity contribution in [3.63, 3.8) is 0 Å². The van der Waals surface area contributed by atoms with Gasteiger partial charge in [0.1, 0.15) is 17.4 Å². The SMILES string of the molecule is COc1ccc(-c2ccc(C(=O)NS(=O)(=O)c3cccc(N)n3)c(N3[C@H](C)CC[C@@H]3C)n2)cc1.[HH]. The van der Waals surface area contributed by atoms with Crippen molar-refractivity contribution in [1.29, 1.82) is 0 Å². The smallest absolute Gasteiger partial charge is 0.281 e. The highest BCUT2D eigenvalue weighted by Crippen LogP contribution is 2.33. The van der Waals surface area contributed by atoms with Crippen LogP contribution < -0.4 is 20.1 Å². The van der Waals surface area contributed by atoms with E-state index in [1.165, 1.54) is 18.2 Å². The van der Waals surface area contributed by atoms with Gasteiger partial charge in [0.2, 0.25) is 0 Å². The summed E-state index contributed by atoms with van der Waals surface area (Å²) < 4.78 is 32.9. The van der Waals surface area contributed by atoms with E-state index < -0.39 is 15.9 Å². The Hall–Kier alpha value is -3.66. The third kappa shape index (κ3) is 4.67. The number of benzene rings is 1. The first-order valence-electron chi connectivity index (χ1n) is 10.9. The molecular weight excluding hydrogens is 454 g/mol. The minimum atomic E-state index is -4.22. The number of amides is 1. The topological polar surface area (TPSA) is 128 Å². The van der Waals surface area contributed by atoms with Crippen molar-refractivity contribution >= 4 is 27.6 Å². The first kappa shape index (κ1) is 23.5. The van der Waals surface area contributed by atoms with Gasteiger partial charge < -0.3 is 15.4 Å². The maximum Gasteiger partial charge on any atom is 0.281 e. The Morgan fingerprint density at radius 3 is 2.35 bits per heavy atom. The Labute approximate surface area is 200 Å². The molecule has 3 N–H and O–H groups in total. The van der Waals surface area contributed by atoms with Gasteiger partial charge in [0, 0.05) is 19.1 Å². The molecule has 1 amide bonds. The largest absolute Gasteiger partial charge is 0.497 e. The number of carbonyl (C=O) groups is 1. The Bertz CT molecular complexity index is 1310. The summed E-state index contributed by atoms with van der Waals surface area (Å²) in [6.45, 7) is 4.14. The normalized spacial score (nSPS) is 18.0. The van der Waals surface area contributed by atoms with Crippen LogP contribution in [-0.4, -0.2) is 43.5 Å². The average Bonchev–Trinajstić information content (AvgIpc) is 3.16. The average molecular weight is 484 g/mol. The number of nitrogen functional groups attached to an aromatic ring is 1. The van der Waals surface area contributed by atoms with Crippen LogP contribution in [0.25, 0.3) is 11.3 Å². The van der Waals surface area contributed by atoms with Crippen LogP contribution in [0.1, 0.15) is 38.5 Å². The molecule has 1 fully saturated rings. The number of sulfonamides is 1. The molecule has 2 aromatic heterocycles. The van der Waals surface area contributed by atoms with E-state index in [1.54, 1.807) is 19.2 Å². The number of hydrogen-bond acceptors (Lipinski definition) is 8. The number of carbonyl (C=O) groups excluding carboxylic acids is 1. The van der Waals surface area contributed by atoms with Gasteiger partial charge in [-0.2, -0.15) is 8.42 Å². The number of pyridine rings is 2. The predicted octanol–water partition coefficient (Wildman–Crippen LogP) is 3.48. The van der Waals surface area contributed by atoms with Gasteiger partial charge in [-0.25, -0.2) is 14.7 Å². The Balaban J connectivity index is 0.00000342. The predicted molar refractivity (Wildman–Crippen MR) is 132 cm³/mol. The number of methoxy groups -OCH3 is 1. The number of hydrogen-bond donors (Lipinski definition) is 2. The van der Waals surface area contributed by atoms with Crippen molar-refractivity contribution in [2.45, 2.75) is 43.8 Å². The molecule has 0 bridgehead atoms. The third-order valence-electron chi connectivity index (χ3n) is 5.95. The molecule has 3 aromatic rings. The van der Waals surface area contributed by atoms with Crippen molar-refractivity contribution in [1.82, 2.24) is 14.7 Å². The molecule has 0 radical (unpaired) electrons. The second-order valence-electron chi connectivity index (χ2n) is 8.31. The maximum absolute atomic E-state index is 13.2. The number of anilines is 2. The molecule has 4 rings (SSSR count). The Morgan fingerprint density at radius 2 is 1.74 bits per heavy atom. The van der Waals surface area contributed by atoms with Crippen LogP contribution in [0, 0.1) is 0 Å². The summed E-state index contributed by atoms with van der Waals surface area (Å²) in [6, 6.07) is 15.3. The molecule has 0 saturated carbocycles. The summed E-state index contributed by atoms with van der Waals surface area (Å²) in [5.41, 5.74) is 7.30. The van der Waals surface area contributed by atoms with Crippen LogP contribution in [0.4, 0.5) is 11.6 Å². The lowest BCUT2D eigenvalue weighted by Gasteiger charge is -2.29. The van der Waals surface area contributed by atoms with Crippen LogP contribution in [0.2, 0.25) is 0 Å². The molecule has 34 heavy (non-hydrogen) atoms. The van der Waals surface area contributed by atoms with Gasteiger partial charge in [-0.15, -0.1) is 0 Å². The summed E-state index contributed by atoms with van der Waals surface area (Å²) in [7, 11) is -2.62. The van der Waals surface area contributed by atoms with Crippen LogP contribution >= 0.6 is 0 Å². The van der Waals surface area contributed by atoms with Gasteiger partial charge >= 0.3 is 0 Å². The van der Waals surface area contributed by atoms with Gasteiger partial charge in [-0.3, -0.25) is 4.79 Å². The monoisotopic (exact) mass is 483 g/mol. The molecule has 1 aliphatic heterocycles. The molecular formula is C24H29N5O4S. The van der Waals surface area contributed by atoms with E-state index in [4.69, 9.17) is 15.5 Å². The van der Waals surface area contributed by atoms with Gasteiger partial charge in [0.05, 0.1) is 18.4 Å². The highest BCUT2D eigenvalue weighted by molar-refractivity contribution is 7.90. The maximum atomic E-state index is 13.2. The van der Waals surface area contributed by atoms with Crippen LogP contribution in [0.3, 0.4) is 0 Å². The number of ether oxygens (including phenoxy) is 1. The van der Waals surface area contributed by atoms with E-state index in [0.29, 0.717) is 11.5 Å². The van der Waals surface area contributed by atoms with Gasteiger partial charge in [0.15, 0.2) is 5.03 Å². The summed E-state index contributed by atoms with van der Waals surface area (Å²) in [5.74, 6) is 0.432. The van der Waals surface area contributed by atoms with Crippen LogP contribution in [0.5, 0.6) is 5.75 Å². The minimum Gasteiger partial charge on any atom is -0.497 e. The molecule has 10 heteroatoms. The first-order valence-corrected chi connectivity index (χ1v) is 12.4.